The summed E-state index contributed by atoms with van der Waals surface area (Å²) in [5, 5.41) is 9.06. The minimum atomic E-state index is -0.875. The molecule has 1 saturated heterocycles. The minimum absolute atomic E-state index is 0.0389. The Hall–Kier alpha value is -1.84. The number of aliphatic carboxylic acids is 1. The van der Waals surface area contributed by atoms with Crippen molar-refractivity contribution < 1.29 is 14.7 Å². The number of carbonyl (C=O) groups excluding carboxylic acids is 1. The molecule has 21 heavy (non-hydrogen) atoms. The van der Waals surface area contributed by atoms with Gasteiger partial charge >= 0.3 is 5.97 Å². The van der Waals surface area contributed by atoms with Crippen LogP contribution in [0.5, 0.6) is 0 Å². The van der Waals surface area contributed by atoms with Crippen LogP contribution in [0.15, 0.2) is 30.3 Å². The van der Waals surface area contributed by atoms with Crippen LogP contribution >= 0.6 is 0 Å². The van der Waals surface area contributed by atoms with Crippen LogP contribution in [0.4, 0.5) is 0 Å². The van der Waals surface area contributed by atoms with Crippen LogP contribution < -0.4 is 0 Å². The molecule has 1 heterocycles. The zero-order valence-electron chi connectivity index (χ0n) is 12.9. The van der Waals surface area contributed by atoms with Crippen molar-refractivity contribution in [2.45, 2.75) is 45.1 Å². The molecule has 114 valence electrons. The molecule has 1 aromatic carbocycles. The fourth-order valence-electron chi connectivity index (χ4n) is 3.18. The largest absolute Gasteiger partial charge is 0.481 e. The Morgan fingerprint density at radius 1 is 1.38 bits per heavy atom. The van der Waals surface area contributed by atoms with Gasteiger partial charge in [-0.15, -0.1) is 0 Å². The molecule has 0 radical (unpaired) electrons. The molecule has 0 aromatic heterocycles. The van der Waals surface area contributed by atoms with Crippen molar-refractivity contribution in [1.29, 1.82) is 0 Å². The van der Waals surface area contributed by atoms with Gasteiger partial charge in [0.15, 0.2) is 0 Å². The van der Waals surface area contributed by atoms with Crippen LogP contribution in [0.25, 0.3) is 0 Å². The zero-order chi connectivity index (χ0) is 15.6. The van der Waals surface area contributed by atoms with E-state index in [1.165, 1.54) is 5.56 Å². The first-order valence-electron chi connectivity index (χ1n) is 7.39. The molecule has 0 spiro atoms. The third-order valence-electron chi connectivity index (χ3n) is 4.40. The summed E-state index contributed by atoms with van der Waals surface area (Å²) in [6.45, 7) is 6.66. The maximum Gasteiger partial charge on any atom is 0.308 e. The van der Waals surface area contributed by atoms with E-state index in [0.29, 0.717) is 6.54 Å². The molecule has 0 saturated carbocycles. The standard InChI is InChI=1S/C17H23NO3/c1-12(18-11-13(16(20)21)9-15(18)19)10-17(2,3)14-7-5-4-6-8-14/h4-8,12-13H,9-11H2,1-3H3,(H,20,21). The predicted molar refractivity (Wildman–Crippen MR) is 81.0 cm³/mol. The molecule has 1 amide bonds. The molecular weight excluding hydrogens is 266 g/mol. The van der Waals surface area contributed by atoms with E-state index in [-0.39, 0.29) is 23.8 Å². The van der Waals surface area contributed by atoms with E-state index in [1.54, 1.807) is 4.90 Å². The molecule has 2 rings (SSSR count). The van der Waals surface area contributed by atoms with E-state index in [0.717, 1.165) is 6.42 Å². The maximum atomic E-state index is 12.0. The van der Waals surface area contributed by atoms with E-state index >= 15 is 0 Å². The molecular formula is C17H23NO3. The number of carboxylic acids is 1. The van der Waals surface area contributed by atoms with Crippen molar-refractivity contribution in [3.05, 3.63) is 35.9 Å². The predicted octanol–water partition coefficient (Wildman–Crippen LogP) is 2.68. The average molecular weight is 289 g/mol. The lowest BCUT2D eigenvalue weighted by Gasteiger charge is -2.33. The molecule has 4 heteroatoms. The van der Waals surface area contributed by atoms with Crippen LogP contribution in [0.2, 0.25) is 0 Å². The second-order valence-electron chi connectivity index (χ2n) is 6.59. The van der Waals surface area contributed by atoms with E-state index in [2.05, 4.69) is 26.0 Å². The molecule has 0 aliphatic carbocycles. The lowest BCUT2D eigenvalue weighted by Crippen LogP contribution is -2.39. The summed E-state index contributed by atoms with van der Waals surface area (Å²) in [6.07, 6.45) is 0.945. The molecule has 1 N–H and O–H groups in total. The van der Waals surface area contributed by atoms with Crippen LogP contribution in [-0.4, -0.2) is 34.5 Å². The van der Waals surface area contributed by atoms with Gasteiger partial charge in [-0.2, -0.15) is 0 Å². The summed E-state index contributed by atoms with van der Waals surface area (Å²) in [5.74, 6) is -1.47. The van der Waals surface area contributed by atoms with Crippen molar-refractivity contribution >= 4 is 11.9 Å². The highest BCUT2D eigenvalue weighted by Gasteiger charge is 2.38. The van der Waals surface area contributed by atoms with Gasteiger partial charge in [-0.3, -0.25) is 9.59 Å². The fourth-order valence-corrected chi connectivity index (χ4v) is 3.18. The summed E-state index contributed by atoms with van der Waals surface area (Å²) in [4.78, 5) is 24.8. The lowest BCUT2D eigenvalue weighted by atomic mass is 9.79. The van der Waals surface area contributed by atoms with Gasteiger partial charge < -0.3 is 10.0 Å². The van der Waals surface area contributed by atoms with E-state index in [1.807, 2.05) is 25.1 Å². The Morgan fingerprint density at radius 2 is 2.00 bits per heavy atom. The summed E-state index contributed by atoms with van der Waals surface area (Å²) < 4.78 is 0. The van der Waals surface area contributed by atoms with Gasteiger partial charge in [-0.1, -0.05) is 44.2 Å². The van der Waals surface area contributed by atoms with E-state index in [4.69, 9.17) is 5.11 Å². The second kappa shape index (κ2) is 5.88. The van der Waals surface area contributed by atoms with E-state index < -0.39 is 11.9 Å². The number of carboxylic acid groups (broad SMARTS) is 1. The van der Waals surface area contributed by atoms with Gasteiger partial charge in [0, 0.05) is 19.0 Å². The van der Waals surface area contributed by atoms with Crippen LogP contribution in [0.1, 0.15) is 39.2 Å². The fraction of sp³-hybridized carbons (Fsp3) is 0.529. The van der Waals surface area contributed by atoms with Gasteiger partial charge in [0.2, 0.25) is 5.91 Å². The van der Waals surface area contributed by atoms with Crippen molar-refractivity contribution in [2.75, 3.05) is 6.54 Å². The summed E-state index contributed by atoms with van der Waals surface area (Å²) in [6, 6.07) is 10.3. The van der Waals surface area contributed by atoms with Gasteiger partial charge in [-0.05, 0) is 24.3 Å². The van der Waals surface area contributed by atoms with Gasteiger partial charge in [0.05, 0.1) is 5.92 Å². The maximum absolute atomic E-state index is 12.0. The molecule has 1 aliphatic rings. The van der Waals surface area contributed by atoms with Gasteiger partial charge in [0.1, 0.15) is 0 Å². The number of hydrogen-bond donors (Lipinski definition) is 1. The third-order valence-corrected chi connectivity index (χ3v) is 4.40. The first kappa shape index (κ1) is 15.5. The Labute approximate surface area is 125 Å². The Kier molecular flexibility index (Phi) is 4.35. The number of nitrogens with zero attached hydrogens (tertiary/aromatic N) is 1. The van der Waals surface area contributed by atoms with Crippen LogP contribution in [-0.2, 0) is 15.0 Å². The summed E-state index contributed by atoms with van der Waals surface area (Å²) >= 11 is 0. The van der Waals surface area contributed by atoms with Crippen molar-refractivity contribution in [1.82, 2.24) is 4.90 Å². The lowest BCUT2D eigenvalue weighted by molar-refractivity contribution is -0.141. The molecule has 0 bridgehead atoms. The number of carbonyl (C=O) groups is 2. The van der Waals surface area contributed by atoms with Crippen molar-refractivity contribution in [3.63, 3.8) is 0 Å². The molecule has 1 aliphatic heterocycles. The molecule has 2 unspecified atom stereocenters. The highest BCUT2D eigenvalue weighted by molar-refractivity contribution is 5.86. The topological polar surface area (TPSA) is 57.6 Å². The first-order chi connectivity index (χ1) is 9.81. The zero-order valence-corrected chi connectivity index (χ0v) is 12.9. The smallest absolute Gasteiger partial charge is 0.308 e. The Bertz CT molecular complexity index is 524. The minimum Gasteiger partial charge on any atom is -0.481 e. The molecule has 1 fully saturated rings. The number of rotatable bonds is 5. The number of amides is 1. The summed E-state index contributed by atoms with van der Waals surface area (Å²) in [5.41, 5.74) is 1.18. The normalized spacial score (nSPS) is 20.6. The SMILES string of the molecule is CC(CC(C)(C)c1ccccc1)N1CC(C(=O)O)CC1=O. The Balaban J connectivity index is 2.06. The molecule has 4 nitrogen and oxygen atoms in total. The highest BCUT2D eigenvalue weighted by atomic mass is 16.4. The highest BCUT2D eigenvalue weighted by Crippen LogP contribution is 2.31. The average Bonchev–Trinajstić information content (AvgIpc) is 2.82. The molecule has 1 aromatic rings. The van der Waals surface area contributed by atoms with Crippen LogP contribution in [0.3, 0.4) is 0 Å². The van der Waals surface area contributed by atoms with E-state index in [9.17, 15) is 9.59 Å². The van der Waals surface area contributed by atoms with Crippen molar-refractivity contribution in [3.8, 4) is 0 Å². The second-order valence-corrected chi connectivity index (χ2v) is 6.59. The quantitative estimate of drug-likeness (QED) is 0.906. The number of likely N-dealkylation sites (tertiary alicyclic amines) is 1. The third kappa shape index (κ3) is 3.43. The van der Waals surface area contributed by atoms with Gasteiger partial charge in [0.25, 0.3) is 0 Å². The Morgan fingerprint density at radius 3 is 2.52 bits per heavy atom. The number of benzene rings is 1. The molecule has 2 atom stereocenters. The number of hydrogen-bond acceptors (Lipinski definition) is 2. The summed E-state index contributed by atoms with van der Waals surface area (Å²) in [7, 11) is 0. The van der Waals surface area contributed by atoms with Crippen LogP contribution in [0, 0.1) is 5.92 Å². The monoisotopic (exact) mass is 289 g/mol. The van der Waals surface area contributed by atoms with Gasteiger partial charge in [-0.25, -0.2) is 0 Å². The first-order valence-corrected chi connectivity index (χ1v) is 7.39. The van der Waals surface area contributed by atoms with Crippen molar-refractivity contribution in [2.24, 2.45) is 5.92 Å².